The third-order valence-electron chi connectivity index (χ3n) is 5.79. The summed E-state index contributed by atoms with van der Waals surface area (Å²) in [7, 11) is 1.99. The first-order valence-corrected chi connectivity index (χ1v) is 10.3. The summed E-state index contributed by atoms with van der Waals surface area (Å²) >= 11 is 0. The van der Waals surface area contributed by atoms with Gasteiger partial charge in [-0.3, -0.25) is 4.90 Å². The predicted molar refractivity (Wildman–Crippen MR) is 121 cm³/mol. The van der Waals surface area contributed by atoms with E-state index in [1.54, 1.807) is 0 Å². The van der Waals surface area contributed by atoms with Crippen LogP contribution in [0.25, 0.3) is 0 Å². The van der Waals surface area contributed by atoms with Crippen molar-refractivity contribution in [2.75, 3.05) is 19.6 Å². The van der Waals surface area contributed by atoms with E-state index in [0.717, 1.165) is 36.7 Å². The molecule has 1 atom stereocenters. The highest BCUT2D eigenvalue weighted by Gasteiger charge is 2.27. The number of nitrogens with one attached hydrogen (secondary N) is 2. The summed E-state index contributed by atoms with van der Waals surface area (Å²) < 4.78 is 2.00. The molecule has 2 heterocycles. The lowest BCUT2D eigenvalue weighted by atomic mass is 9.92. The van der Waals surface area contributed by atoms with Gasteiger partial charge in [-0.05, 0) is 46.1 Å². The summed E-state index contributed by atoms with van der Waals surface area (Å²) in [5.74, 6) is 2.71. The molecule has 0 spiro atoms. The Labute approximate surface area is 180 Å². The fraction of sp³-hybridized carbons (Fsp3) is 0.842. The topological polar surface area (TPSA) is 70.4 Å². The largest absolute Gasteiger partial charge is 0.357 e. The smallest absolute Gasteiger partial charge is 0.191 e. The fourth-order valence-corrected chi connectivity index (χ4v) is 4.15. The van der Waals surface area contributed by atoms with Crippen LogP contribution in [-0.2, 0) is 13.6 Å². The zero-order chi connectivity index (χ0) is 18.4. The van der Waals surface area contributed by atoms with Gasteiger partial charge in [0.25, 0.3) is 0 Å². The normalized spacial score (nSPS) is 22.3. The van der Waals surface area contributed by atoms with Gasteiger partial charge in [-0.15, -0.1) is 34.2 Å². The Morgan fingerprint density at radius 2 is 1.93 bits per heavy atom. The molecule has 1 saturated carbocycles. The van der Waals surface area contributed by atoms with Crippen LogP contribution >= 0.6 is 24.0 Å². The maximum Gasteiger partial charge on any atom is 0.191 e. The molecule has 8 heteroatoms. The zero-order valence-electron chi connectivity index (χ0n) is 17.1. The van der Waals surface area contributed by atoms with Gasteiger partial charge in [0.1, 0.15) is 12.4 Å². The molecule has 1 aliphatic carbocycles. The first-order chi connectivity index (χ1) is 12.7. The van der Waals surface area contributed by atoms with Crippen LogP contribution in [0.2, 0.25) is 0 Å². The van der Waals surface area contributed by atoms with Crippen molar-refractivity contribution in [3.05, 3.63) is 11.6 Å². The number of aliphatic imine (C=N–C) groups is 1. The third-order valence-corrected chi connectivity index (χ3v) is 5.79. The Balaban J connectivity index is 0.00000261. The summed E-state index contributed by atoms with van der Waals surface area (Å²) in [5.41, 5.74) is 0. The van der Waals surface area contributed by atoms with Gasteiger partial charge in [-0.1, -0.05) is 19.3 Å². The van der Waals surface area contributed by atoms with E-state index < -0.39 is 0 Å². The molecule has 0 radical (unpaired) electrons. The number of aryl methyl sites for hydroxylation is 1. The number of halogens is 1. The van der Waals surface area contributed by atoms with E-state index in [1.807, 2.05) is 18.5 Å². The molecule has 154 valence electrons. The number of aromatic nitrogens is 3. The van der Waals surface area contributed by atoms with Crippen molar-refractivity contribution in [3.63, 3.8) is 0 Å². The van der Waals surface area contributed by atoms with E-state index >= 15 is 0 Å². The highest BCUT2D eigenvalue weighted by atomic mass is 127. The number of rotatable bonds is 5. The number of hydrogen-bond donors (Lipinski definition) is 2. The first kappa shape index (κ1) is 22.4. The number of piperidine rings is 1. The van der Waals surface area contributed by atoms with Gasteiger partial charge >= 0.3 is 0 Å². The highest BCUT2D eigenvalue weighted by molar-refractivity contribution is 14.0. The van der Waals surface area contributed by atoms with Crippen molar-refractivity contribution in [3.8, 4) is 0 Å². The number of nitrogens with zero attached hydrogens (tertiary/aromatic N) is 5. The van der Waals surface area contributed by atoms with Gasteiger partial charge in [0.05, 0.1) is 0 Å². The highest BCUT2D eigenvalue weighted by Crippen LogP contribution is 2.25. The summed E-state index contributed by atoms with van der Waals surface area (Å²) in [6.07, 6.45) is 9.48. The monoisotopic (exact) mass is 489 g/mol. The summed E-state index contributed by atoms with van der Waals surface area (Å²) in [5, 5.41) is 15.4. The van der Waals surface area contributed by atoms with Crippen molar-refractivity contribution < 1.29 is 0 Å². The van der Waals surface area contributed by atoms with Crippen LogP contribution < -0.4 is 10.6 Å². The first-order valence-electron chi connectivity index (χ1n) is 10.3. The molecule has 2 aliphatic rings. The van der Waals surface area contributed by atoms with Crippen molar-refractivity contribution in [1.29, 1.82) is 0 Å². The van der Waals surface area contributed by atoms with E-state index in [-0.39, 0.29) is 24.0 Å². The fourth-order valence-electron chi connectivity index (χ4n) is 4.15. The van der Waals surface area contributed by atoms with Crippen LogP contribution in [0.4, 0.5) is 0 Å². The van der Waals surface area contributed by atoms with E-state index in [1.165, 1.54) is 51.5 Å². The Kier molecular flexibility index (Phi) is 9.28. The van der Waals surface area contributed by atoms with Crippen LogP contribution in [0.1, 0.15) is 63.5 Å². The van der Waals surface area contributed by atoms with Crippen molar-refractivity contribution in [1.82, 2.24) is 30.3 Å². The SMILES string of the molecule is CCNC(=NCc1nnc(C)n1C)NC1CCCN(C2CCCCC2)C1.I. The quantitative estimate of drug-likeness (QED) is 0.378. The molecule has 0 bridgehead atoms. The van der Waals surface area contributed by atoms with Crippen molar-refractivity contribution >= 4 is 29.9 Å². The lowest BCUT2D eigenvalue weighted by molar-refractivity contribution is 0.115. The zero-order valence-corrected chi connectivity index (χ0v) is 19.4. The minimum absolute atomic E-state index is 0. The van der Waals surface area contributed by atoms with E-state index in [9.17, 15) is 0 Å². The van der Waals surface area contributed by atoms with Gasteiger partial charge in [0, 0.05) is 32.2 Å². The van der Waals surface area contributed by atoms with Crippen LogP contribution in [-0.4, -0.2) is 57.3 Å². The molecule has 1 saturated heterocycles. The molecular formula is C19H36IN7. The standard InChI is InChI=1S/C19H35N7.HI/c1-4-20-19(21-13-18-24-23-15(2)25(18)3)22-16-9-8-12-26(14-16)17-10-6-5-7-11-17;/h16-17H,4-14H2,1-3H3,(H2,20,21,22);1H. The maximum absolute atomic E-state index is 4.74. The molecule has 2 N–H and O–H groups in total. The van der Waals surface area contributed by atoms with Crippen LogP contribution in [0.3, 0.4) is 0 Å². The van der Waals surface area contributed by atoms with Crippen molar-refractivity contribution in [2.24, 2.45) is 12.0 Å². The van der Waals surface area contributed by atoms with Crippen molar-refractivity contribution in [2.45, 2.75) is 77.4 Å². The molecule has 1 aromatic heterocycles. The predicted octanol–water partition coefficient (Wildman–Crippen LogP) is 2.59. The molecular weight excluding hydrogens is 453 g/mol. The average Bonchev–Trinajstić information content (AvgIpc) is 2.99. The molecule has 1 unspecified atom stereocenters. The third kappa shape index (κ3) is 6.30. The number of likely N-dealkylation sites (tertiary alicyclic amines) is 1. The van der Waals surface area contributed by atoms with Crippen LogP contribution in [0.5, 0.6) is 0 Å². The van der Waals surface area contributed by atoms with E-state index in [2.05, 4.69) is 32.7 Å². The molecule has 1 aliphatic heterocycles. The number of guanidine groups is 1. The molecule has 7 nitrogen and oxygen atoms in total. The van der Waals surface area contributed by atoms with Gasteiger partial charge in [0.2, 0.25) is 0 Å². The van der Waals surface area contributed by atoms with Gasteiger partial charge in [-0.25, -0.2) is 4.99 Å². The summed E-state index contributed by atoms with van der Waals surface area (Å²) in [6.45, 7) is 7.88. The van der Waals surface area contributed by atoms with E-state index in [4.69, 9.17) is 4.99 Å². The van der Waals surface area contributed by atoms with E-state index in [0.29, 0.717) is 12.6 Å². The molecule has 0 amide bonds. The minimum atomic E-state index is 0. The lowest BCUT2D eigenvalue weighted by Crippen LogP contribution is -2.53. The summed E-state index contributed by atoms with van der Waals surface area (Å²) in [4.78, 5) is 7.46. The van der Waals surface area contributed by atoms with Crippen LogP contribution in [0.15, 0.2) is 4.99 Å². The Hall–Kier alpha value is -0.900. The molecule has 3 rings (SSSR count). The second-order valence-electron chi connectivity index (χ2n) is 7.69. The van der Waals surface area contributed by atoms with Gasteiger partial charge in [-0.2, -0.15) is 0 Å². The maximum atomic E-state index is 4.74. The second-order valence-corrected chi connectivity index (χ2v) is 7.69. The molecule has 1 aromatic rings. The lowest BCUT2D eigenvalue weighted by Gasteiger charge is -2.40. The molecule has 27 heavy (non-hydrogen) atoms. The Morgan fingerprint density at radius 3 is 2.59 bits per heavy atom. The molecule has 0 aromatic carbocycles. The van der Waals surface area contributed by atoms with Crippen LogP contribution in [0, 0.1) is 6.92 Å². The summed E-state index contributed by atoms with van der Waals surface area (Å²) in [6, 6.07) is 1.28. The Bertz CT molecular complexity index is 595. The second kappa shape index (κ2) is 11.2. The van der Waals surface area contributed by atoms with Gasteiger partial charge in [0.15, 0.2) is 11.8 Å². The Morgan fingerprint density at radius 1 is 1.15 bits per heavy atom. The van der Waals surface area contributed by atoms with Gasteiger partial charge < -0.3 is 15.2 Å². The molecule has 2 fully saturated rings. The average molecular weight is 489 g/mol. The minimum Gasteiger partial charge on any atom is -0.357 e. The number of hydrogen-bond acceptors (Lipinski definition) is 4.